The number of hydrogen-bond acceptors (Lipinski definition) is 7. The minimum absolute atomic E-state index is 0.00970. The average molecular weight is 759 g/mol. The summed E-state index contributed by atoms with van der Waals surface area (Å²) >= 11 is 0. The lowest BCUT2D eigenvalue weighted by Crippen LogP contribution is -2.29. The van der Waals surface area contributed by atoms with Crippen molar-refractivity contribution in [2.45, 2.75) is 135 Å². The number of carbonyl (C=O) groups is 2. The van der Waals surface area contributed by atoms with E-state index in [4.69, 9.17) is 19.3 Å². The minimum atomic E-state index is -4.82. The fourth-order valence-electron chi connectivity index (χ4n) is 4.49. The van der Waals surface area contributed by atoms with Crippen molar-refractivity contribution >= 4 is 19.8 Å². The number of aliphatic hydroxyl groups excluding tert-OH is 1. The van der Waals surface area contributed by atoms with Crippen LogP contribution in [0, 0.1) is 0 Å². The van der Waals surface area contributed by atoms with Crippen molar-refractivity contribution in [2.75, 3.05) is 13.2 Å². The van der Waals surface area contributed by atoms with Crippen molar-refractivity contribution < 1.29 is 43.0 Å². The number of allylic oxidation sites excluding steroid dienone is 16. The van der Waals surface area contributed by atoms with Gasteiger partial charge in [0.1, 0.15) is 6.61 Å². The zero-order valence-electron chi connectivity index (χ0n) is 32.2. The van der Waals surface area contributed by atoms with Gasteiger partial charge in [0.15, 0.2) is 6.10 Å². The van der Waals surface area contributed by atoms with E-state index in [9.17, 15) is 19.3 Å². The maximum absolute atomic E-state index is 12.4. The summed E-state index contributed by atoms with van der Waals surface area (Å²) in [6.07, 6.45) is 48.4. The number of aliphatic hydroxyl groups is 1. The Morgan fingerprint density at radius 3 is 1.74 bits per heavy atom. The van der Waals surface area contributed by atoms with E-state index in [1.165, 1.54) is 19.3 Å². The number of phosphoric acid groups is 1. The van der Waals surface area contributed by atoms with Gasteiger partial charge in [-0.25, -0.2) is 4.57 Å². The summed E-state index contributed by atoms with van der Waals surface area (Å²) in [4.78, 5) is 42.7. The number of rotatable bonds is 33. The number of esters is 2. The van der Waals surface area contributed by atoms with E-state index < -0.39 is 38.6 Å². The molecule has 0 saturated carbocycles. The van der Waals surface area contributed by atoms with Crippen LogP contribution in [0.5, 0.6) is 0 Å². The molecule has 0 fully saturated rings. The van der Waals surface area contributed by atoms with E-state index in [1.807, 2.05) is 12.2 Å². The van der Waals surface area contributed by atoms with Gasteiger partial charge < -0.3 is 24.4 Å². The molecule has 9 nitrogen and oxygen atoms in total. The van der Waals surface area contributed by atoms with Crippen molar-refractivity contribution in [1.82, 2.24) is 0 Å². The number of carbonyl (C=O) groups excluding carboxylic acids is 2. The molecule has 0 aromatic rings. The standard InChI is InChI=1S/C43H67O9P/c1-3-5-7-9-11-13-15-17-18-20-22-24-26-28-32-36-42(45)50-38-41(39-51-53(47,48)49)52-43(46)37-33-29-31-35-40(44)34-30-27-25-23-21-19-16-14-12-10-8-6-4-2/h6,8,11-14,17-19,21-22,24-25,27,29-31,34,40-41,44H,3-5,7,9-10,15-16,20,23,26,28,32-33,35-39H2,1-2H3,(H2,47,48,49)/b8-6-,13-11-,14-12-,18-17-,21-19-,24-22-,27-25-,31-29-,34-30-/t40?,41-/m1/s1. The molecule has 3 N–H and O–H groups in total. The molecule has 0 rings (SSSR count). The summed E-state index contributed by atoms with van der Waals surface area (Å²) < 4.78 is 26.2. The van der Waals surface area contributed by atoms with Gasteiger partial charge in [-0.2, -0.15) is 0 Å². The quantitative estimate of drug-likeness (QED) is 0.0196. The van der Waals surface area contributed by atoms with E-state index in [1.54, 1.807) is 24.3 Å². The second-order valence-corrected chi connectivity index (χ2v) is 13.6. The molecule has 10 heteroatoms. The highest BCUT2D eigenvalue weighted by Gasteiger charge is 2.22. The number of ether oxygens (including phenoxy) is 2. The van der Waals surface area contributed by atoms with Crippen LogP contribution < -0.4 is 0 Å². The fourth-order valence-corrected chi connectivity index (χ4v) is 4.85. The summed E-state index contributed by atoms with van der Waals surface area (Å²) in [5, 5.41) is 10.1. The third-order valence-electron chi connectivity index (χ3n) is 7.37. The van der Waals surface area contributed by atoms with Crippen LogP contribution >= 0.6 is 7.82 Å². The first-order valence-corrected chi connectivity index (χ1v) is 20.8. The summed E-state index contributed by atoms with van der Waals surface area (Å²) in [6, 6.07) is 0. The largest absolute Gasteiger partial charge is 0.469 e. The van der Waals surface area contributed by atoms with Crippen LogP contribution in [0.4, 0.5) is 0 Å². The molecular weight excluding hydrogens is 691 g/mol. The Labute approximate surface area is 319 Å². The third kappa shape index (κ3) is 39.7. The number of unbranched alkanes of at least 4 members (excludes halogenated alkanes) is 5. The molecular formula is C43H67O9P. The molecule has 0 heterocycles. The lowest BCUT2D eigenvalue weighted by Gasteiger charge is -2.18. The Balaban J connectivity index is 4.30. The fraction of sp³-hybridized carbons (Fsp3) is 0.535. The second kappa shape index (κ2) is 37.0. The van der Waals surface area contributed by atoms with Crippen molar-refractivity contribution in [3.8, 4) is 0 Å². The molecule has 1 unspecified atom stereocenters. The van der Waals surface area contributed by atoms with Crippen LogP contribution in [0.3, 0.4) is 0 Å². The molecule has 0 spiro atoms. The van der Waals surface area contributed by atoms with Gasteiger partial charge in [0.05, 0.1) is 12.7 Å². The molecule has 0 saturated heterocycles. The SMILES string of the molecule is CC/C=C\C/C=C\C/C=C\C/C=C\C=C/C(O)C/C=C\CCC(=O)O[C@H](COC(=O)CCCC/C=C\C/C=C\C/C=C\CCCCC)COP(=O)(O)O. The van der Waals surface area contributed by atoms with Crippen LogP contribution in [0.1, 0.15) is 123 Å². The summed E-state index contributed by atoms with van der Waals surface area (Å²) in [5.74, 6) is -1.13. The zero-order chi connectivity index (χ0) is 39.1. The van der Waals surface area contributed by atoms with Crippen LogP contribution in [0.2, 0.25) is 0 Å². The predicted octanol–water partition coefficient (Wildman–Crippen LogP) is 10.6. The monoisotopic (exact) mass is 758 g/mol. The lowest BCUT2D eigenvalue weighted by atomic mass is 10.1. The Bertz CT molecular complexity index is 1230. The van der Waals surface area contributed by atoms with Crippen LogP contribution in [0.25, 0.3) is 0 Å². The second-order valence-electron chi connectivity index (χ2n) is 12.4. The molecule has 0 aliphatic heterocycles. The number of phosphoric ester groups is 1. The van der Waals surface area contributed by atoms with Gasteiger partial charge in [-0.05, 0) is 83.5 Å². The van der Waals surface area contributed by atoms with E-state index >= 15 is 0 Å². The highest BCUT2D eigenvalue weighted by Crippen LogP contribution is 2.35. The molecule has 0 radical (unpaired) electrons. The van der Waals surface area contributed by atoms with Gasteiger partial charge in [-0.15, -0.1) is 0 Å². The van der Waals surface area contributed by atoms with Gasteiger partial charge in [-0.1, -0.05) is 136 Å². The topological polar surface area (TPSA) is 140 Å². The summed E-state index contributed by atoms with van der Waals surface area (Å²) in [7, 11) is -4.82. The molecule has 298 valence electrons. The van der Waals surface area contributed by atoms with Gasteiger partial charge >= 0.3 is 19.8 Å². The van der Waals surface area contributed by atoms with E-state index in [0.717, 1.165) is 57.8 Å². The first kappa shape index (κ1) is 49.7. The molecule has 0 aromatic carbocycles. The number of hydrogen-bond donors (Lipinski definition) is 3. The van der Waals surface area contributed by atoms with Crippen LogP contribution in [0.15, 0.2) is 109 Å². The highest BCUT2D eigenvalue weighted by atomic mass is 31.2. The Morgan fingerprint density at radius 1 is 0.604 bits per heavy atom. The Kier molecular flexibility index (Phi) is 34.7. The normalized spacial score (nSPS) is 14.3. The Morgan fingerprint density at radius 2 is 1.15 bits per heavy atom. The molecule has 2 atom stereocenters. The van der Waals surface area contributed by atoms with Crippen molar-refractivity contribution in [3.05, 3.63) is 109 Å². The predicted molar refractivity (Wildman–Crippen MR) is 217 cm³/mol. The highest BCUT2D eigenvalue weighted by molar-refractivity contribution is 7.46. The van der Waals surface area contributed by atoms with Crippen LogP contribution in [-0.4, -0.2) is 52.3 Å². The Hall–Kier alpha value is -3.33. The zero-order valence-corrected chi connectivity index (χ0v) is 33.1. The van der Waals surface area contributed by atoms with Gasteiger partial charge in [0.2, 0.25) is 0 Å². The average Bonchev–Trinajstić information content (AvgIpc) is 3.12. The smallest absolute Gasteiger partial charge is 0.462 e. The summed E-state index contributed by atoms with van der Waals surface area (Å²) in [5.41, 5.74) is 0. The molecule has 0 aliphatic carbocycles. The van der Waals surface area contributed by atoms with E-state index in [0.29, 0.717) is 19.3 Å². The van der Waals surface area contributed by atoms with E-state index in [-0.39, 0.29) is 19.4 Å². The van der Waals surface area contributed by atoms with Crippen molar-refractivity contribution in [1.29, 1.82) is 0 Å². The summed E-state index contributed by atoms with van der Waals surface area (Å²) in [6.45, 7) is 3.33. The molecule has 0 aromatic heterocycles. The lowest BCUT2D eigenvalue weighted by molar-refractivity contribution is -0.161. The minimum Gasteiger partial charge on any atom is -0.462 e. The molecule has 0 amide bonds. The van der Waals surface area contributed by atoms with Gasteiger partial charge in [-0.3, -0.25) is 14.1 Å². The van der Waals surface area contributed by atoms with Crippen molar-refractivity contribution in [2.24, 2.45) is 0 Å². The van der Waals surface area contributed by atoms with Gasteiger partial charge in [0.25, 0.3) is 0 Å². The van der Waals surface area contributed by atoms with Gasteiger partial charge in [0, 0.05) is 12.8 Å². The third-order valence-corrected chi connectivity index (χ3v) is 7.85. The van der Waals surface area contributed by atoms with Crippen LogP contribution in [-0.2, 0) is 28.2 Å². The maximum atomic E-state index is 12.4. The maximum Gasteiger partial charge on any atom is 0.469 e. The first-order valence-electron chi connectivity index (χ1n) is 19.3. The molecule has 0 bridgehead atoms. The molecule has 53 heavy (non-hydrogen) atoms. The van der Waals surface area contributed by atoms with Crippen molar-refractivity contribution in [3.63, 3.8) is 0 Å². The first-order chi connectivity index (χ1) is 25.7. The molecule has 0 aliphatic rings. The van der Waals surface area contributed by atoms with E-state index in [2.05, 4.69) is 91.3 Å².